The first-order valence-corrected chi connectivity index (χ1v) is 10.0. The Balaban J connectivity index is 1.60. The Hall–Kier alpha value is -0.860. The fraction of sp³-hybridized carbons (Fsp3) is 0.905. The van der Waals surface area contributed by atoms with Gasteiger partial charge in [0.15, 0.2) is 0 Å². The van der Waals surface area contributed by atoms with E-state index in [1.807, 2.05) is 0 Å². The lowest BCUT2D eigenvalue weighted by atomic mass is 9.45. The number of ether oxygens (including phenoxy) is 1. The molecular weight excluding hydrogens is 300 g/mol. The van der Waals surface area contributed by atoms with E-state index < -0.39 is 0 Å². The molecule has 0 heterocycles. The molecular formula is C21H32O3. The van der Waals surface area contributed by atoms with Crippen LogP contribution in [0.3, 0.4) is 0 Å². The van der Waals surface area contributed by atoms with Gasteiger partial charge < -0.3 is 4.74 Å². The second kappa shape index (κ2) is 5.57. The van der Waals surface area contributed by atoms with Crippen molar-refractivity contribution < 1.29 is 14.3 Å². The summed E-state index contributed by atoms with van der Waals surface area (Å²) < 4.78 is 5.72. The van der Waals surface area contributed by atoms with Crippen molar-refractivity contribution in [3.63, 3.8) is 0 Å². The molecule has 0 unspecified atom stereocenters. The van der Waals surface area contributed by atoms with Crippen LogP contribution in [0.2, 0.25) is 0 Å². The summed E-state index contributed by atoms with van der Waals surface area (Å²) in [5.74, 6) is 3.23. The molecule has 0 aliphatic heterocycles. The molecule has 24 heavy (non-hydrogen) atoms. The number of esters is 1. The largest absolute Gasteiger partial charge is 0.462 e. The van der Waals surface area contributed by atoms with Gasteiger partial charge >= 0.3 is 5.97 Å². The lowest BCUT2D eigenvalue weighted by Crippen LogP contribution is -2.54. The molecule has 0 bridgehead atoms. The van der Waals surface area contributed by atoms with Crippen LogP contribution in [-0.2, 0) is 14.3 Å². The maximum absolute atomic E-state index is 12.2. The molecule has 0 radical (unpaired) electrons. The lowest BCUT2D eigenvalue weighted by molar-refractivity contribution is -0.163. The van der Waals surface area contributed by atoms with Crippen molar-refractivity contribution in [2.75, 3.05) is 0 Å². The summed E-state index contributed by atoms with van der Waals surface area (Å²) in [6.07, 6.45) is 10.1. The summed E-state index contributed by atoms with van der Waals surface area (Å²) >= 11 is 0. The molecule has 0 aromatic rings. The van der Waals surface area contributed by atoms with Gasteiger partial charge in [-0.15, -0.1) is 0 Å². The minimum Gasteiger partial charge on any atom is -0.462 e. The van der Waals surface area contributed by atoms with E-state index in [0.717, 1.165) is 43.9 Å². The van der Waals surface area contributed by atoms with Crippen LogP contribution in [0.4, 0.5) is 0 Å². The van der Waals surface area contributed by atoms with Crippen LogP contribution in [0.15, 0.2) is 0 Å². The van der Waals surface area contributed by atoms with Crippen LogP contribution in [0, 0.1) is 34.5 Å². The van der Waals surface area contributed by atoms with Crippen LogP contribution >= 0.6 is 0 Å². The van der Waals surface area contributed by atoms with E-state index in [0.29, 0.717) is 17.6 Å². The van der Waals surface area contributed by atoms with Crippen molar-refractivity contribution in [1.29, 1.82) is 0 Å². The summed E-state index contributed by atoms with van der Waals surface area (Å²) in [6.45, 7) is 6.34. The highest BCUT2D eigenvalue weighted by Gasteiger charge is 2.61. The standard InChI is InChI=1S/C21H32O3/c1-13(22)24-19-9-8-17-16-7-5-14-4-6-15(23)12-21(14,3)18(16)10-11-20(17,19)2/h14,16-19H,4-12H2,1-3H3/t14-,16+,17-,18+,19-,20-,21+/m1/s1. The molecule has 4 aliphatic rings. The highest BCUT2D eigenvalue weighted by atomic mass is 16.5. The monoisotopic (exact) mass is 332 g/mol. The van der Waals surface area contributed by atoms with Gasteiger partial charge in [-0.05, 0) is 74.0 Å². The maximum atomic E-state index is 12.2. The molecule has 0 aromatic heterocycles. The van der Waals surface area contributed by atoms with Gasteiger partial charge in [0.1, 0.15) is 11.9 Å². The number of fused-ring (bicyclic) bond motifs is 5. The van der Waals surface area contributed by atoms with Gasteiger partial charge in [0.05, 0.1) is 0 Å². The van der Waals surface area contributed by atoms with E-state index >= 15 is 0 Å². The SMILES string of the molecule is CC(=O)O[C@@H]1CC[C@@H]2[C@@H]3CC[C@H]4CCC(=O)C[C@]4(C)[C@H]3CC[C@]21C. The van der Waals surface area contributed by atoms with E-state index in [-0.39, 0.29) is 22.9 Å². The highest BCUT2D eigenvalue weighted by Crippen LogP contribution is 2.66. The molecule has 0 aromatic carbocycles. The summed E-state index contributed by atoms with van der Waals surface area (Å²) in [4.78, 5) is 23.7. The molecule has 3 heteroatoms. The number of rotatable bonds is 1. The van der Waals surface area contributed by atoms with Crippen molar-refractivity contribution in [3.05, 3.63) is 0 Å². The van der Waals surface area contributed by atoms with Gasteiger partial charge in [-0.1, -0.05) is 13.8 Å². The second-order valence-electron chi connectivity index (χ2n) is 9.63. The number of carbonyl (C=O) groups is 2. The van der Waals surface area contributed by atoms with E-state index in [1.165, 1.54) is 25.7 Å². The number of carbonyl (C=O) groups excluding carboxylic acids is 2. The number of Topliss-reactive ketones (excluding diaryl/α,β-unsaturated/α-hetero) is 1. The summed E-state index contributed by atoms with van der Waals surface area (Å²) in [5, 5.41) is 0. The fourth-order valence-electron chi connectivity index (χ4n) is 7.48. The van der Waals surface area contributed by atoms with Gasteiger partial charge in [0.2, 0.25) is 0 Å². The Labute approximate surface area is 145 Å². The number of ketones is 1. The predicted molar refractivity (Wildman–Crippen MR) is 92.3 cm³/mol. The molecule has 0 N–H and O–H groups in total. The first-order valence-electron chi connectivity index (χ1n) is 10.0. The van der Waals surface area contributed by atoms with Crippen molar-refractivity contribution in [1.82, 2.24) is 0 Å². The molecule has 3 nitrogen and oxygen atoms in total. The topological polar surface area (TPSA) is 43.4 Å². The Bertz CT molecular complexity index is 555. The number of hydrogen-bond donors (Lipinski definition) is 0. The Morgan fingerprint density at radius 3 is 2.50 bits per heavy atom. The zero-order chi connectivity index (χ0) is 17.1. The van der Waals surface area contributed by atoms with Crippen molar-refractivity contribution in [3.8, 4) is 0 Å². The van der Waals surface area contributed by atoms with Crippen molar-refractivity contribution >= 4 is 11.8 Å². The lowest BCUT2D eigenvalue weighted by Gasteiger charge is -2.59. The molecule has 7 atom stereocenters. The summed E-state index contributed by atoms with van der Waals surface area (Å²) in [6, 6.07) is 0. The third kappa shape index (κ3) is 2.29. The molecule has 0 spiro atoms. The average Bonchev–Trinajstić information content (AvgIpc) is 2.82. The van der Waals surface area contributed by atoms with E-state index in [9.17, 15) is 9.59 Å². The van der Waals surface area contributed by atoms with Crippen LogP contribution in [0.5, 0.6) is 0 Å². The first-order chi connectivity index (χ1) is 11.3. The van der Waals surface area contributed by atoms with Gasteiger partial charge in [-0.3, -0.25) is 9.59 Å². The quantitative estimate of drug-likeness (QED) is 0.663. The van der Waals surface area contributed by atoms with E-state index in [2.05, 4.69) is 13.8 Å². The second-order valence-corrected chi connectivity index (χ2v) is 9.63. The molecule has 134 valence electrons. The Morgan fingerprint density at radius 1 is 1.00 bits per heavy atom. The van der Waals surface area contributed by atoms with Crippen LogP contribution in [0.1, 0.15) is 78.6 Å². The molecule has 0 saturated heterocycles. The smallest absolute Gasteiger partial charge is 0.302 e. The van der Waals surface area contributed by atoms with Crippen molar-refractivity contribution in [2.24, 2.45) is 34.5 Å². The van der Waals surface area contributed by atoms with Gasteiger partial charge in [0.25, 0.3) is 0 Å². The first kappa shape index (κ1) is 16.6. The summed E-state index contributed by atoms with van der Waals surface area (Å²) in [5.41, 5.74) is 0.397. The van der Waals surface area contributed by atoms with Crippen molar-refractivity contribution in [2.45, 2.75) is 84.7 Å². The summed E-state index contributed by atoms with van der Waals surface area (Å²) in [7, 11) is 0. The normalized spacial score (nSPS) is 50.6. The zero-order valence-corrected chi connectivity index (χ0v) is 15.5. The molecule has 4 aliphatic carbocycles. The van der Waals surface area contributed by atoms with E-state index in [4.69, 9.17) is 4.74 Å². The third-order valence-electron chi connectivity index (χ3n) is 8.64. The highest BCUT2D eigenvalue weighted by molar-refractivity contribution is 5.80. The minimum atomic E-state index is -0.127. The predicted octanol–water partition coefficient (Wildman–Crippen LogP) is 4.53. The fourth-order valence-corrected chi connectivity index (χ4v) is 7.48. The third-order valence-corrected chi connectivity index (χ3v) is 8.64. The number of hydrogen-bond acceptors (Lipinski definition) is 3. The van der Waals surface area contributed by atoms with Gasteiger partial charge in [-0.2, -0.15) is 0 Å². The van der Waals surface area contributed by atoms with Crippen LogP contribution < -0.4 is 0 Å². The zero-order valence-electron chi connectivity index (χ0n) is 15.5. The van der Waals surface area contributed by atoms with E-state index in [1.54, 1.807) is 6.92 Å². The Morgan fingerprint density at radius 2 is 1.75 bits per heavy atom. The molecule has 0 amide bonds. The molecule has 4 rings (SSSR count). The average molecular weight is 332 g/mol. The van der Waals surface area contributed by atoms with Gasteiger partial charge in [-0.25, -0.2) is 0 Å². The molecule has 4 saturated carbocycles. The Kier molecular flexibility index (Phi) is 3.85. The van der Waals surface area contributed by atoms with Crippen LogP contribution in [-0.4, -0.2) is 17.9 Å². The maximum Gasteiger partial charge on any atom is 0.302 e. The molecule has 4 fully saturated rings. The van der Waals surface area contributed by atoms with Gasteiger partial charge in [0, 0.05) is 25.2 Å². The van der Waals surface area contributed by atoms with Crippen LogP contribution in [0.25, 0.3) is 0 Å². The minimum absolute atomic E-state index is 0.111.